The molecule has 166 valence electrons. The number of anilines is 1. The molecule has 6 heteroatoms. The lowest BCUT2D eigenvalue weighted by molar-refractivity contribution is 0.0581. The highest BCUT2D eigenvalue weighted by Crippen LogP contribution is 2.41. The standard InChI is InChI=1S/C26H30N4O2/c1-15-10-11-30(25(31)32-26(5,6)7)23-9-8-19(12-20(23)16(15)2)24-21(13-27)17(3)29-18(4)22(24)14-28/h8-9,12,24,29H,10-11H2,1-7H3. The fourth-order valence-corrected chi connectivity index (χ4v) is 4.22. The number of amides is 1. The zero-order chi connectivity index (χ0) is 23.8. The minimum Gasteiger partial charge on any atom is -0.443 e. The second kappa shape index (κ2) is 8.55. The van der Waals surface area contributed by atoms with Crippen molar-refractivity contribution in [1.82, 2.24) is 5.32 Å². The van der Waals surface area contributed by atoms with Gasteiger partial charge in [0.15, 0.2) is 0 Å². The molecule has 2 aliphatic rings. The van der Waals surface area contributed by atoms with E-state index in [9.17, 15) is 15.3 Å². The number of ether oxygens (including phenoxy) is 1. The number of nitrogens with zero attached hydrogens (tertiary/aromatic N) is 3. The molecule has 0 saturated carbocycles. The van der Waals surface area contributed by atoms with Gasteiger partial charge in [-0.25, -0.2) is 4.79 Å². The summed E-state index contributed by atoms with van der Waals surface area (Å²) in [4.78, 5) is 14.7. The molecule has 0 fully saturated rings. The van der Waals surface area contributed by atoms with Crippen LogP contribution in [0, 0.1) is 22.7 Å². The van der Waals surface area contributed by atoms with Crippen LogP contribution in [0.4, 0.5) is 10.5 Å². The van der Waals surface area contributed by atoms with Gasteiger partial charge in [-0.15, -0.1) is 0 Å². The molecule has 3 rings (SSSR count). The molecular formula is C26H30N4O2. The van der Waals surface area contributed by atoms with Gasteiger partial charge < -0.3 is 10.1 Å². The first kappa shape index (κ1) is 23.2. The molecule has 0 aromatic heterocycles. The number of rotatable bonds is 1. The van der Waals surface area contributed by atoms with Gasteiger partial charge >= 0.3 is 6.09 Å². The maximum atomic E-state index is 13.0. The SMILES string of the molecule is CC1=C(C)c2cc(C3C(C#N)=C(C)NC(C)=C3C#N)ccc2N(C(=O)OC(C)(C)C)CC1. The van der Waals surface area contributed by atoms with Crippen molar-refractivity contribution < 1.29 is 9.53 Å². The van der Waals surface area contributed by atoms with Crippen molar-refractivity contribution in [3.63, 3.8) is 0 Å². The molecule has 2 aliphatic heterocycles. The van der Waals surface area contributed by atoms with E-state index in [0.29, 0.717) is 17.7 Å². The fraction of sp³-hybridized carbons (Fsp3) is 0.423. The van der Waals surface area contributed by atoms with Crippen LogP contribution in [0.25, 0.3) is 5.57 Å². The van der Waals surface area contributed by atoms with E-state index in [0.717, 1.165) is 40.2 Å². The molecular weight excluding hydrogens is 400 g/mol. The van der Waals surface area contributed by atoms with E-state index in [1.165, 1.54) is 5.57 Å². The third-order valence-corrected chi connectivity index (χ3v) is 6.01. The third-order valence-electron chi connectivity index (χ3n) is 6.01. The summed E-state index contributed by atoms with van der Waals surface area (Å²) in [6.45, 7) is 13.9. The third kappa shape index (κ3) is 4.27. The monoisotopic (exact) mass is 430 g/mol. The van der Waals surface area contributed by atoms with Crippen LogP contribution in [0.2, 0.25) is 0 Å². The first-order valence-corrected chi connectivity index (χ1v) is 10.8. The summed E-state index contributed by atoms with van der Waals surface area (Å²) in [5.74, 6) is -0.442. The number of hydrogen-bond acceptors (Lipinski definition) is 5. The Morgan fingerprint density at radius 3 is 2.22 bits per heavy atom. The van der Waals surface area contributed by atoms with Crippen LogP contribution >= 0.6 is 0 Å². The van der Waals surface area contributed by atoms with Gasteiger partial charge in [0, 0.05) is 23.5 Å². The molecule has 0 spiro atoms. The predicted molar refractivity (Wildman–Crippen MR) is 125 cm³/mol. The lowest BCUT2D eigenvalue weighted by Crippen LogP contribution is -2.37. The number of benzene rings is 1. The number of carbonyl (C=O) groups is 1. The molecule has 0 radical (unpaired) electrons. The summed E-state index contributed by atoms with van der Waals surface area (Å²) >= 11 is 0. The number of dihydropyridines is 1. The molecule has 0 bridgehead atoms. The van der Waals surface area contributed by atoms with E-state index in [1.54, 1.807) is 4.90 Å². The molecule has 1 N–H and O–H groups in total. The number of carbonyl (C=O) groups excluding carboxylic acids is 1. The van der Waals surface area contributed by atoms with Gasteiger partial charge in [0.1, 0.15) is 5.60 Å². The van der Waals surface area contributed by atoms with Crippen molar-refractivity contribution in [2.24, 2.45) is 0 Å². The van der Waals surface area contributed by atoms with Crippen molar-refractivity contribution in [3.05, 3.63) is 57.4 Å². The number of fused-ring (bicyclic) bond motifs is 1. The van der Waals surface area contributed by atoms with Gasteiger partial charge in [0.05, 0.1) is 34.9 Å². The molecule has 0 atom stereocenters. The van der Waals surface area contributed by atoms with E-state index < -0.39 is 11.5 Å². The molecule has 0 aliphatic carbocycles. The number of nitriles is 2. The Labute approximate surface area is 190 Å². The quantitative estimate of drug-likeness (QED) is 0.598. The topological polar surface area (TPSA) is 89.2 Å². The lowest BCUT2D eigenvalue weighted by Gasteiger charge is -2.29. The molecule has 2 heterocycles. The fourth-order valence-electron chi connectivity index (χ4n) is 4.22. The molecule has 0 unspecified atom stereocenters. The molecule has 1 aromatic rings. The van der Waals surface area contributed by atoms with Crippen molar-refractivity contribution in [3.8, 4) is 12.1 Å². The van der Waals surface area contributed by atoms with E-state index in [1.807, 2.05) is 52.8 Å². The van der Waals surface area contributed by atoms with Crippen molar-refractivity contribution in [1.29, 1.82) is 10.5 Å². The van der Waals surface area contributed by atoms with Crippen LogP contribution in [0.5, 0.6) is 0 Å². The molecule has 32 heavy (non-hydrogen) atoms. The Hall–Kier alpha value is -3.51. The first-order valence-electron chi connectivity index (χ1n) is 10.8. The highest BCUT2D eigenvalue weighted by Gasteiger charge is 2.32. The summed E-state index contributed by atoms with van der Waals surface area (Å²) in [6.07, 6.45) is 0.366. The second-order valence-corrected chi connectivity index (χ2v) is 9.42. The second-order valence-electron chi connectivity index (χ2n) is 9.42. The van der Waals surface area contributed by atoms with Crippen LogP contribution in [-0.2, 0) is 4.74 Å². The van der Waals surface area contributed by atoms with E-state index in [4.69, 9.17) is 4.74 Å². The lowest BCUT2D eigenvalue weighted by atomic mass is 9.80. The molecule has 0 saturated heterocycles. The minimum atomic E-state index is -0.593. The largest absolute Gasteiger partial charge is 0.443 e. The summed E-state index contributed by atoms with van der Waals surface area (Å²) in [7, 11) is 0. The number of hydrogen-bond donors (Lipinski definition) is 1. The average Bonchev–Trinajstić information content (AvgIpc) is 2.83. The zero-order valence-corrected chi connectivity index (χ0v) is 19.9. The maximum absolute atomic E-state index is 13.0. The summed E-state index contributed by atoms with van der Waals surface area (Å²) in [6, 6.07) is 10.4. The van der Waals surface area contributed by atoms with E-state index >= 15 is 0 Å². The molecule has 1 aromatic carbocycles. The van der Waals surface area contributed by atoms with Crippen molar-refractivity contribution in [2.45, 2.75) is 66.4 Å². The van der Waals surface area contributed by atoms with Crippen LogP contribution in [0.1, 0.15) is 71.9 Å². The molecule has 6 nitrogen and oxygen atoms in total. The number of allylic oxidation sites excluding steroid dienone is 5. The van der Waals surface area contributed by atoms with Gasteiger partial charge in [0.2, 0.25) is 0 Å². The van der Waals surface area contributed by atoms with Crippen LogP contribution < -0.4 is 10.2 Å². The Bertz CT molecular complexity index is 1110. The van der Waals surface area contributed by atoms with Gasteiger partial charge in [-0.3, -0.25) is 4.90 Å². The summed E-state index contributed by atoms with van der Waals surface area (Å²) < 4.78 is 5.66. The summed E-state index contributed by atoms with van der Waals surface area (Å²) in [5, 5.41) is 22.8. The van der Waals surface area contributed by atoms with Crippen molar-refractivity contribution in [2.75, 3.05) is 11.4 Å². The van der Waals surface area contributed by atoms with E-state index in [2.05, 4.69) is 31.3 Å². The minimum absolute atomic E-state index is 0.377. The van der Waals surface area contributed by atoms with Crippen LogP contribution in [0.15, 0.2) is 46.3 Å². The molecule has 1 amide bonds. The normalized spacial score (nSPS) is 17.3. The van der Waals surface area contributed by atoms with Gasteiger partial charge in [-0.2, -0.15) is 10.5 Å². The van der Waals surface area contributed by atoms with Gasteiger partial charge in [-0.1, -0.05) is 11.6 Å². The Kier molecular flexibility index (Phi) is 6.19. The Balaban J connectivity index is 2.18. The van der Waals surface area contributed by atoms with E-state index in [-0.39, 0.29) is 6.09 Å². The van der Waals surface area contributed by atoms with Gasteiger partial charge in [0.25, 0.3) is 0 Å². The maximum Gasteiger partial charge on any atom is 0.414 e. The smallest absolute Gasteiger partial charge is 0.414 e. The Morgan fingerprint density at radius 1 is 1.09 bits per heavy atom. The van der Waals surface area contributed by atoms with Crippen LogP contribution in [-0.4, -0.2) is 18.2 Å². The first-order chi connectivity index (χ1) is 15.0. The van der Waals surface area contributed by atoms with Gasteiger partial charge in [-0.05, 0) is 78.2 Å². The highest BCUT2D eigenvalue weighted by atomic mass is 16.6. The zero-order valence-electron chi connectivity index (χ0n) is 19.9. The number of nitrogens with one attached hydrogen (secondary N) is 1. The predicted octanol–water partition coefficient (Wildman–Crippen LogP) is 5.91. The van der Waals surface area contributed by atoms with Crippen LogP contribution in [0.3, 0.4) is 0 Å². The average molecular weight is 431 g/mol. The summed E-state index contributed by atoms with van der Waals surface area (Å²) in [5.41, 5.74) is 6.83. The van der Waals surface area contributed by atoms with Crippen molar-refractivity contribution >= 4 is 17.4 Å². The Morgan fingerprint density at radius 2 is 1.69 bits per heavy atom. The highest BCUT2D eigenvalue weighted by molar-refractivity contribution is 5.94.